The maximum Gasteiger partial charge on any atom is 0.268 e. The van der Waals surface area contributed by atoms with Gasteiger partial charge < -0.3 is 15.3 Å². The number of aromatic nitrogens is 2. The largest absolute Gasteiger partial charge is 0.392 e. The van der Waals surface area contributed by atoms with E-state index in [1.165, 1.54) is 9.78 Å². The smallest absolute Gasteiger partial charge is 0.268 e. The predicted molar refractivity (Wildman–Crippen MR) is 110 cm³/mol. The van der Waals surface area contributed by atoms with Crippen molar-refractivity contribution in [3.8, 4) is 5.69 Å². The molecule has 2 atom stereocenters. The lowest BCUT2D eigenvalue weighted by Gasteiger charge is -2.19. The third-order valence-corrected chi connectivity index (χ3v) is 6.19. The molecule has 0 saturated heterocycles. The minimum atomic E-state index is -0.551. The van der Waals surface area contributed by atoms with Gasteiger partial charge in [-0.2, -0.15) is 0 Å². The minimum absolute atomic E-state index is 0.0764. The van der Waals surface area contributed by atoms with Crippen LogP contribution in [0.5, 0.6) is 0 Å². The number of aliphatic hydroxyl groups excluding tert-OH is 1. The number of benzene rings is 1. The highest BCUT2D eigenvalue weighted by Crippen LogP contribution is 2.30. The van der Waals surface area contributed by atoms with Crippen molar-refractivity contribution >= 4 is 39.1 Å². The van der Waals surface area contributed by atoms with Gasteiger partial charge in [-0.1, -0.05) is 11.6 Å². The molecule has 1 aromatic carbocycles. The van der Waals surface area contributed by atoms with E-state index in [2.05, 4.69) is 12.4 Å². The van der Waals surface area contributed by atoms with Crippen LogP contribution in [0.3, 0.4) is 0 Å². The summed E-state index contributed by atoms with van der Waals surface area (Å²) in [6.45, 7) is 3.94. The zero-order valence-electron chi connectivity index (χ0n) is 15.3. The Balaban J connectivity index is 1.94. The fraction of sp³-hybridized carbons (Fsp3) is 0.368. The van der Waals surface area contributed by atoms with Gasteiger partial charge in [0.2, 0.25) is 5.95 Å². The third-order valence-electron chi connectivity index (χ3n) is 4.81. The molecule has 1 aliphatic rings. The molecule has 6 nitrogen and oxygen atoms in total. The second kappa shape index (κ2) is 7.24. The number of nitrogens with zero attached hydrogens (tertiary/aromatic N) is 2. The zero-order chi connectivity index (χ0) is 19.1. The van der Waals surface area contributed by atoms with E-state index in [0.717, 1.165) is 35.3 Å². The van der Waals surface area contributed by atoms with Crippen LogP contribution in [0.1, 0.15) is 17.4 Å². The number of fused-ring (bicyclic) bond motifs is 3. The van der Waals surface area contributed by atoms with Gasteiger partial charge in [-0.15, -0.1) is 11.3 Å². The molecule has 0 fully saturated rings. The molecular weight excluding hydrogens is 384 g/mol. The molecule has 0 saturated carbocycles. The fourth-order valence-electron chi connectivity index (χ4n) is 3.45. The molecule has 142 valence electrons. The van der Waals surface area contributed by atoms with Crippen LogP contribution < -0.4 is 15.8 Å². The number of thiophene rings is 1. The topological polar surface area (TPSA) is 71.6 Å². The summed E-state index contributed by atoms with van der Waals surface area (Å²) >= 11 is 7.62. The number of rotatable bonds is 4. The van der Waals surface area contributed by atoms with Crippen LogP contribution in [0.4, 0.5) is 5.95 Å². The SMILES string of the molecule is CC(O)CNc1nc2sc3c(c2c(=O)n1-c1ccc(Cl)cc1)CC[NH+](C)C3. The molecule has 0 bridgehead atoms. The Morgan fingerprint density at radius 3 is 2.85 bits per heavy atom. The third kappa shape index (κ3) is 3.48. The normalized spacial score (nSPS) is 17.7. The quantitative estimate of drug-likeness (QED) is 0.614. The van der Waals surface area contributed by atoms with E-state index < -0.39 is 6.10 Å². The number of quaternary nitrogens is 1. The van der Waals surface area contributed by atoms with E-state index in [0.29, 0.717) is 23.2 Å². The average molecular weight is 406 g/mol. The van der Waals surface area contributed by atoms with E-state index in [1.807, 2.05) is 12.1 Å². The van der Waals surface area contributed by atoms with Crippen LogP contribution in [-0.4, -0.2) is 40.9 Å². The lowest BCUT2D eigenvalue weighted by molar-refractivity contribution is -0.895. The molecular formula is C19H22ClN4O2S+. The highest BCUT2D eigenvalue weighted by atomic mass is 35.5. The molecule has 3 aromatic rings. The number of aliphatic hydroxyl groups is 1. The van der Waals surface area contributed by atoms with E-state index in [4.69, 9.17) is 16.6 Å². The zero-order valence-corrected chi connectivity index (χ0v) is 16.8. The van der Waals surface area contributed by atoms with Crippen LogP contribution in [-0.2, 0) is 13.0 Å². The molecule has 27 heavy (non-hydrogen) atoms. The number of anilines is 1. The molecule has 8 heteroatoms. The van der Waals surface area contributed by atoms with Gasteiger partial charge in [0.15, 0.2) is 0 Å². The van der Waals surface area contributed by atoms with Crippen molar-refractivity contribution in [2.75, 3.05) is 25.5 Å². The van der Waals surface area contributed by atoms with Crippen LogP contribution in [0.2, 0.25) is 5.02 Å². The average Bonchev–Trinajstić information content (AvgIpc) is 2.98. The lowest BCUT2D eigenvalue weighted by atomic mass is 10.1. The summed E-state index contributed by atoms with van der Waals surface area (Å²) in [5.41, 5.74) is 1.76. The van der Waals surface area contributed by atoms with Gasteiger partial charge in [-0.25, -0.2) is 9.55 Å². The Kier molecular flexibility index (Phi) is 4.94. The minimum Gasteiger partial charge on any atom is -0.392 e. The lowest BCUT2D eigenvalue weighted by Crippen LogP contribution is -3.08. The van der Waals surface area contributed by atoms with Gasteiger partial charge in [0.1, 0.15) is 11.4 Å². The standard InChI is InChI=1S/C19H21ClN4O2S/c1-11(25)9-21-19-22-17-16(14-7-8-23(2)10-15(14)27-17)18(26)24(19)13-5-3-12(20)4-6-13/h3-6,11,25H,7-10H2,1-2H3,(H,21,22)/p+1. The molecule has 0 spiro atoms. The van der Waals surface area contributed by atoms with Crippen molar-refractivity contribution in [1.82, 2.24) is 9.55 Å². The van der Waals surface area contributed by atoms with Crippen molar-refractivity contribution in [2.24, 2.45) is 0 Å². The number of nitrogens with one attached hydrogen (secondary N) is 2. The number of likely N-dealkylation sites (N-methyl/N-ethyl adjacent to an activating group) is 1. The van der Waals surface area contributed by atoms with Gasteiger partial charge in [0.25, 0.3) is 5.56 Å². The van der Waals surface area contributed by atoms with Crippen LogP contribution in [0, 0.1) is 0 Å². The highest BCUT2D eigenvalue weighted by Gasteiger charge is 2.26. The van der Waals surface area contributed by atoms with Crippen LogP contribution in [0.25, 0.3) is 15.9 Å². The highest BCUT2D eigenvalue weighted by molar-refractivity contribution is 7.18. The molecule has 3 N–H and O–H groups in total. The number of halogens is 1. The van der Waals surface area contributed by atoms with Crippen molar-refractivity contribution < 1.29 is 10.0 Å². The monoisotopic (exact) mass is 405 g/mol. The number of hydrogen-bond donors (Lipinski definition) is 3. The van der Waals surface area contributed by atoms with E-state index >= 15 is 0 Å². The van der Waals surface area contributed by atoms with Gasteiger partial charge >= 0.3 is 0 Å². The molecule has 0 radical (unpaired) electrons. The Labute approximate surface area is 166 Å². The first-order valence-corrected chi connectivity index (χ1v) is 10.2. The summed E-state index contributed by atoms with van der Waals surface area (Å²) in [5, 5.41) is 14.1. The second-order valence-corrected chi connectivity index (χ2v) is 8.62. The Morgan fingerprint density at radius 2 is 2.15 bits per heavy atom. The molecule has 3 heterocycles. The fourth-order valence-corrected chi connectivity index (χ4v) is 4.90. The first kappa shape index (κ1) is 18.4. The molecule has 0 amide bonds. The summed E-state index contributed by atoms with van der Waals surface area (Å²) in [6, 6.07) is 7.13. The second-order valence-electron chi connectivity index (χ2n) is 7.10. The predicted octanol–water partition coefficient (Wildman–Crippen LogP) is 1.46. The Morgan fingerprint density at radius 1 is 1.41 bits per heavy atom. The van der Waals surface area contributed by atoms with E-state index in [1.54, 1.807) is 35.0 Å². The van der Waals surface area contributed by atoms with Crippen LogP contribution >= 0.6 is 22.9 Å². The molecule has 0 aliphatic carbocycles. The Hall–Kier alpha value is -1.93. The van der Waals surface area contributed by atoms with Crippen molar-refractivity contribution in [3.05, 3.63) is 50.1 Å². The molecule has 2 unspecified atom stereocenters. The van der Waals surface area contributed by atoms with Crippen molar-refractivity contribution in [2.45, 2.75) is 26.0 Å². The van der Waals surface area contributed by atoms with Crippen LogP contribution in [0.15, 0.2) is 29.1 Å². The summed E-state index contributed by atoms with van der Waals surface area (Å²) < 4.78 is 1.58. The number of hydrogen-bond acceptors (Lipinski definition) is 5. The molecule has 1 aliphatic heterocycles. The molecule has 4 rings (SSSR count). The van der Waals surface area contributed by atoms with Crippen molar-refractivity contribution in [3.63, 3.8) is 0 Å². The maximum atomic E-state index is 13.5. The summed E-state index contributed by atoms with van der Waals surface area (Å²) in [7, 11) is 2.17. The van der Waals surface area contributed by atoms with Gasteiger partial charge in [0.05, 0.1) is 35.6 Å². The Bertz CT molecular complexity index is 1040. The first-order chi connectivity index (χ1) is 12.9. The summed E-state index contributed by atoms with van der Waals surface area (Å²) in [6.07, 6.45) is 0.337. The maximum absolute atomic E-state index is 13.5. The van der Waals surface area contributed by atoms with E-state index in [-0.39, 0.29) is 5.56 Å². The summed E-state index contributed by atoms with van der Waals surface area (Å²) in [4.78, 5) is 21.7. The summed E-state index contributed by atoms with van der Waals surface area (Å²) in [5.74, 6) is 0.440. The van der Waals surface area contributed by atoms with Crippen molar-refractivity contribution in [1.29, 1.82) is 0 Å². The van der Waals surface area contributed by atoms with Gasteiger partial charge in [-0.05, 0) is 36.8 Å². The van der Waals surface area contributed by atoms with Gasteiger partial charge in [0, 0.05) is 18.0 Å². The van der Waals surface area contributed by atoms with E-state index in [9.17, 15) is 9.90 Å². The first-order valence-electron chi connectivity index (χ1n) is 9.00. The molecule has 2 aromatic heterocycles. The van der Waals surface area contributed by atoms with Gasteiger partial charge in [-0.3, -0.25) is 4.79 Å².